The molecule has 0 aromatic carbocycles. The molecule has 2 fully saturated rings. The predicted molar refractivity (Wildman–Crippen MR) is 47.9 cm³/mol. The van der Waals surface area contributed by atoms with Crippen LogP contribution in [0, 0.1) is 11.3 Å². The standard InChI is InChI=1S/C10H14O4/c11-8(7-3-1-2-4-7)10(9(12)13)5-14-6-10/h7H,1-6H2,(H,12,13). The van der Waals surface area contributed by atoms with Gasteiger partial charge in [-0.15, -0.1) is 0 Å². The maximum atomic E-state index is 11.9. The summed E-state index contributed by atoms with van der Waals surface area (Å²) >= 11 is 0. The highest BCUT2D eigenvalue weighted by Gasteiger charge is 2.54. The van der Waals surface area contributed by atoms with Crippen LogP contribution in [0.25, 0.3) is 0 Å². The van der Waals surface area contributed by atoms with E-state index in [4.69, 9.17) is 9.84 Å². The van der Waals surface area contributed by atoms with E-state index in [1.807, 2.05) is 0 Å². The minimum atomic E-state index is -1.20. The molecule has 1 heterocycles. The molecule has 0 radical (unpaired) electrons. The molecule has 2 aliphatic rings. The molecule has 0 bridgehead atoms. The maximum Gasteiger partial charge on any atom is 0.322 e. The van der Waals surface area contributed by atoms with Gasteiger partial charge in [0.1, 0.15) is 0 Å². The van der Waals surface area contributed by atoms with E-state index in [0.717, 1.165) is 25.7 Å². The summed E-state index contributed by atoms with van der Waals surface area (Å²) < 4.78 is 4.88. The minimum Gasteiger partial charge on any atom is -0.480 e. The van der Waals surface area contributed by atoms with Crippen LogP contribution in [0.2, 0.25) is 0 Å². The Bertz CT molecular complexity index is 261. The average molecular weight is 198 g/mol. The Morgan fingerprint density at radius 2 is 1.79 bits per heavy atom. The molecule has 0 spiro atoms. The Hall–Kier alpha value is -0.900. The van der Waals surface area contributed by atoms with Gasteiger partial charge in [0, 0.05) is 5.92 Å². The van der Waals surface area contributed by atoms with Crippen LogP contribution < -0.4 is 0 Å². The van der Waals surface area contributed by atoms with Crippen molar-refractivity contribution in [3.8, 4) is 0 Å². The van der Waals surface area contributed by atoms with E-state index in [1.54, 1.807) is 0 Å². The Balaban J connectivity index is 2.11. The van der Waals surface area contributed by atoms with Crippen LogP contribution in [0.1, 0.15) is 25.7 Å². The molecule has 1 aliphatic heterocycles. The van der Waals surface area contributed by atoms with E-state index >= 15 is 0 Å². The van der Waals surface area contributed by atoms with Crippen molar-refractivity contribution >= 4 is 11.8 Å². The number of hydrogen-bond acceptors (Lipinski definition) is 3. The Labute approximate surface area is 82.2 Å². The van der Waals surface area contributed by atoms with Crippen molar-refractivity contribution in [2.24, 2.45) is 11.3 Å². The monoisotopic (exact) mass is 198 g/mol. The molecule has 0 aromatic heterocycles. The number of Topliss-reactive ketones (excluding diaryl/α,β-unsaturated/α-hetero) is 1. The highest BCUT2D eigenvalue weighted by molar-refractivity contribution is 6.05. The molecule has 0 amide bonds. The molecule has 1 saturated heterocycles. The van der Waals surface area contributed by atoms with Gasteiger partial charge < -0.3 is 9.84 Å². The largest absolute Gasteiger partial charge is 0.480 e. The molecular weight excluding hydrogens is 184 g/mol. The van der Waals surface area contributed by atoms with Gasteiger partial charge in [0.05, 0.1) is 13.2 Å². The number of ketones is 1. The lowest BCUT2D eigenvalue weighted by atomic mass is 9.75. The summed E-state index contributed by atoms with van der Waals surface area (Å²) in [7, 11) is 0. The minimum absolute atomic E-state index is 0.0324. The van der Waals surface area contributed by atoms with E-state index in [-0.39, 0.29) is 24.9 Å². The third-order valence-corrected chi connectivity index (χ3v) is 3.30. The van der Waals surface area contributed by atoms with Gasteiger partial charge in [0.25, 0.3) is 0 Å². The van der Waals surface area contributed by atoms with E-state index in [0.29, 0.717) is 0 Å². The fourth-order valence-electron chi connectivity index (χ4n) is 2.26. The summed E-state index contributed by atoms with van der Waals surface area (Å²) in [5, 5.41) is 9.01. The molecule has 1 N–H and O–H groups in total. The second-order valence-electron chi connectivity index (χ2n) is 4.23. The van der Waals surface area contributed by atoms with Crippen molar-refractivity contribution in [2.45, 2.75) is 25.7 Å². The van der Waals surface area contributed by atoms with Gasteiger partial charge in [0.15, 0.2) is 11.2 Å². The van der Waals surface area contributed by atoms with E-state index in [1.165, 1.54) is 0 Å². The van der Waals surface area contributed by atoms with Crippen molar-refractivity contribution in [3.63, 3.8) is 0 Å². The molecular formula is C10H14O4. The molecule has 4 heteroatoms. The molecule has 2 rings (SSSR count). The topological polar surface area (TPSA) is 63.6 Å². The zero-order valence-corrected chi connectivity index (χ0v) is 7.99. The quantitative estimate of drug-likeness (QED) is 0.683. The second kappa shape index (κ2) is 3.35. The summed E-state index contributed by atoms with van der Waals surface area (Å²) in [5.74, 6) is -1.15. The number of aliphatic carboxylic acids is 1. The van der Waals surface area contributed by atoms with Gasteiger partial charge in [-0.05, 0) is 12.8 Å². The lowest BCUT2D eigenvalue weighted by molar-refractivity contribution is -0.186. The fraction of sp³-hybridized carbons (Fsp3) is 0.800. The maximum absolute atomic E-state index is 11.9. The van der Waals surface area contributed by atoms with Crippen LogP contribution in [-0.4, -0.2) is 30.1 Å². The van der Waals surface area contributed by atoms with Gasteiger partial charge in [-0.3, -0.25) is 9.59 Å². The lowest BCUT2D eigenvalue weighted by Crippen LogP contribution is -2.56. The molecule has 0 aromatic rings. The predicted octanol–water partition coefficient (Wildman–Crippen LogP) is 0.847. The lowest BCUT2D eigenvalue weighted by Gasteiger charge is -2.37. The molecule has 14 heavy (non-hydrogen) atoms. The van der Waals surface area contributed by atoms with Crippen LogP contribution in [0.4, 0.5) is 0 Å². The Morgan fingerprint density at radius 3 is 2.14 bits per heavy atom. The first-order valence-corrected chi connectivity index (χ1v) is 5.02. The summed E-state index contributed by atoms with van der Waals surface area (Å²) in [5.41, 5.74) is -1.20. The Kier molecular flexibility index (Phi) is 2.31. The van der Waals surface area contributed by atoms with Crippen molar-refractivity contribution in [2.75, 3.05) is 13.2 Å². The zero-order chi connectivity index (χ0) is 10.2. The third-order valence-electron chi connectivity index (χ3n) is 3.30. The van der Waals surface area contributed by atoms with Crippen LogP contribution in [0.5, 0.6) is 0 Å². The van der Waals surface area contributed by atoms with Gasteiger partial charge in [-0.2, -0.15) is 0 Å². The van der Waals surface area contributed by atoms with Gasteiger partial charge in [0.2, 0.25) is 0 Å². The molecule has 1 aliphatic carbocycles. The van der Waals surface area contributed by atoms with Crippen LogP contribution >= 0.6 is 0 Å². The number of hydrogen-bond donors (Lipinski definition) is 1. The molecule has 78 valence electrons. The number of carboxylic acids is 1. The number of carbonyl (C=O) groups is 2. The highest BCUT2D eigenvalue weighted by Crippen LogP contribution is 2.37. The number of rotatable bonds is 3. The smallest absolute Gasteiger partial charge is 0.322 e. The van der Waals surface area contributed by atoms with Crippen LogP contribution in [0.15, 0.2) is 0 Å². The number of carbonyl (C=O) groups excluding carboxylic acids is 1. The van der Waals surface area contributed by atoms with Gasteiger partial charge in [-0.1, -0.05) is 12.8 Å². The van der Waals surface area contributed by atoms with Crippen molar-refractivity contribution in [3.05, 3.63) is 0 Å². The van der Waals surface area contributed by atoms with Gasteiger partial charge >= 0.3 is 5.97 Å². The van der Waals surface area contributed by atoms with Crippen LogP contribution in [0.3, 0.4) is 0 Å². The van der Waals surface area contributed by atoms with E-state index < -0.39 is 11.4 Å². The van der Waals surface area contributed by atoms with Crippen molar-refractivity contribution < 1.29 is 19.4 Å². The summed E-state index contributed by atoms with van der Waals surface area (Å²) in [4.78, 5) is 22.9. The van der Waals surface area contributed by atoms with Gasteiger partial charge in [-0.25, -0.2) is 0 Å². The SMILES string of the molecule is O=C(O)C1(C(=O)C2CCCC2)COC1. The first kappa shape index (κ1) is 9.65. The first-order valence-electron chi connectivity index (χ1n) is 5.02. The average Bonchev–Trinajstić information content (AvgIpc) is 2.51. The summed E-state index contributed by atoms with van der Waals surface area (Å²) in [6, 6.07) is 0. The molecule has 1 saturated carbocycles. The highest BCUT2D eigenvalue weighted by atomic mass is 16.5. The second-order valence-corrected chi connectivity index (χ2v) is 4.23. The summed E-state index contributed by atoms with van der Waals surface area (Å²) in [6.45, 7) is 0.134. The number of carboxylic acid groups (broad SMARTS) is 1. The fourth-order valence-corrected chi connectivity index (χ4v) is 2.26. The first-order chi connectivity index (χ1) is 6.67. The van der Waals surface area contributed by atoms with E-state index in [2.05, 4.69) is 0 Å². The molecule has 0 atom stereocenters. The summed E-state index contributed by atoms with van der Waals surface area (Å²) in [6.07, 6.45) is 3.81. The van der Waals surface area contributed by atoms with Crippen LogP contribution in [-0.2, 0) is 14.3 Å². The van der Waals surface area contributed by atoms with E-state index in [9.17, 15) is 9.59 Å². The normalized spacial score (nSPS) is 25.7. The Morgan fingerprint density at radius 1 is 1.21 bits per heavy atom. The third kappa shape index (κ3) is 1.25. The molecule has 0 unspecified atom stereocenters. The zero-order valence-electron chi connectivity index (χ0n) is 7.99. The van der Waals surface area contributed by atoms with Crippen molar-refractivity contribution in [1.29, 1.82) is 0 Å². The molecule has 4 nitrogen and oxygen atoms in total. The number of ether oxygens (including phenoxy) is 1. The van der Waals surface area contributed by atoms with Crippen molar-refractivity contribution in [1.82, 2.24) is 0 Å².